The lowest BCUT2D eigenvalue weighted by atomic mass is 10.2. The summed E-state index contributed by atoms with van der Waals surface area (Å²) < 4.78 is 0.304. The number of aliphatic imine (C=N–C) groups is 1. The lowest BCUT2D eigenvalue weighted by Crippen LogP contribution is -2.44. The molecule has 98 valence electrons. The van der Waals surface area contributed by atoms with Gasteiger partial charge in [0.05, 0.1) is 29.3 Å². The van der Waals surface area contributed by atoms with Gasteiger partial charge >= 0.3 is 5.96 Å². The van der Waals surface area contributed by atoms with Crippen molar-refractivity contribution in [1.82, 2.24) is 9.97 Å². The minimum atomic E-state index is -0.481. The molecule has 3 rings (SSSR count). The molecule has 0 amide bonds. The first-order chi connectivity index (χ1) is 9.08. The van der Waals surface area contributed by atoms with Crippen molar-refractivity contribution in [3.8, 4) is 0 Å². The van der Waals surface area contributed by atoms with Crippen LogP contribution >= 0.6 is 15.9 Å². The van der Waals surface area contributed by atoms with Gasteiger partial charge in [0.2, 0.25) is 0 Å². The lowest BCUT2D eigenvalue weighted by molar-refractivity contribution is -0.759. The smallest absolute Gasteiger partial charge is 0.302 e. The number of halogens is 1. The second-order valence-electron chi connectivity index (χ2n) is 4.51. The largest absolute Gasteiger partial charge is 0.625 e. The van der Waals surface area contributed by atoms with Gasteiger partial charge < -0.3 is 5.21 Å². The van der Waals surface area contributed by atoms with E-state index in [2.05, 4.69) is 36.2 Å². The monoisotopic (exact) mass is 321 g/mol. The summed E-state index contributed by atoms with van der Waals surface area (Å²) in [7, 11) is 1.59. The predicted octanol–water partition coefficient (Wildman–Crippen LogP) is 2.12. The van der Waals surface area contributed by atoms with E-state index in [1.807, 2.05) is 12.1 Å². The molecular weight excluding hydrogens is 310 g/mol. The fourth-order valence-electron chi connectivity index (χ4n) is 1.98. The van der Waals surface area contributed by atoms with E-state index in [1.165, 1.54) is 0 Å². The molecule has 19 heavy (non-hydrogen) atoms. The van der Waals surface area contributed by atoms with Gasteiger partial charge in [-0.1, -0.05) is 0 Å². The zero-order chi connectivity index (χ0) is 13.5. The highest BCUT2D eigenvalue weighted by Gasteiger charge is 2.26. The standard InChI is InChI=1S/C12H12BrN5O/c1-18(19)7-6-16-12(18)17-8-2-3-9-11(10(8)13)15-5-4-14-9/h2-5H,6-7H2,1H3,(H,16,17). The number of nitrogens with zero attached hydrogens (tertiary/aromatic N) is 4. The number of rotatable bonds is 1. The maximum Gasteiger partial charge on any atom is 0.302 e. The van der Waals surface area contributed by atoms with E-state index in [9.17, 15) is 5.21 Å². The summed E-state index contributed by atoms with van der Waals surface area (Å²) in [5.41, 5.74) is 2.33. The van der Waals surface area contributed by atoms with Crippen LogP contribution in [0.5, 0.6) is 0 Å². The van der Waals surface area contributed by atoms with Crippen molar-refractivity contribution in [3.05, 3.63) is 34.2 Å². The minimum Gasteiger partial charge on any atom is -0.625 e. The van der Waals surface area contributed by atoms with Gasteiger partial charge in [0.25, 0.3) is 0 Å². The average molecular weight is 322 g/mol. The van der Waals surface area contributed by atoms with Crippen LogP contribution in [0.4, 0.5) is 5.69 Å². The van der Waals surface area contributed by atoms with Crippen LogP contribution < -0.4 is 5.32 Å². The number of guanidine groups is 1. The number of likely N-dealkylation sites (N-methyl/N-ethyl adjacent to an activating group) is 1. The summed E-state index contributed by atoms with van der Waals surface area (Å²) in [6, 6.07) is 3.72. The van der Waals surface area contributed by atoms with Crippen molar-refractivity contribution in [3.63, 3.8) is 0 Å². The van der Waals surface area contributed by atoms with Gasteiger partial charge in [-0.05, 0) is 28.1 Å². The molecule has 0 bridgehead atoms. The van der Waals surface area contributed by atoms with Gasteiger partial charge in [-0.15, -0.1) is 0 Å². The van der Waals surface area contributed by atoms with Crippen molar-refractivity contribution >= 4 is 38.6 Å². The number of anilines is 1. The molecule has 1 aromatic carbocycles. The molecule has 0 saturated carbocycles. The molecule has 6 nitrogen and oxygen atoms in total. The molecule has 1 aromatic heterocycles. The summed E-state index contributed by atoms with van der Waals surface area (Å²) in [6.45, 7) is 1.01. The summed E-state index contributed by atoms with van der Waals surface area (Å²) in [4.78, 5) is 12.7. The molecule has 2 aromatic rings. The predicted molar refractivity (Wildman–Crippen MR) is 77.6 cm³/mol. The van der Waals surface area contributed by atoms with Crippen LogP contribution in [0.25, 0.3) is 11.0 Å². The van der Waals surface area contributed by atoms with Gasteiger partial charge in [0.15, 0.2) is 0 Å². The zero-order valence-corrected chi connectivity index (χ0v) is 11.9. The van der Waals surface area contributed by atoms with Crippen molar-refractivity contribution in [2.75, 3.05) is 25.5 Å². The zero-order valence-electron chi connectivity index (χ0n) is 10.3. The van der Waals surface area contributed by atoms with Gasteiger partial charge in [0, 0.05) is 12.4 Å². The maximum absolute atomic E-state index is 12.1. The first-order valence-electron chi connectivity index (χ1n) is 5.86. The van der Waals surface area contributed by atoms with E-state index >= 15 is 0 Å². The highest BCUT2D eigenvalue weighted by Crippen LogP contribution is 2.29. The molecule has 2 heterocycles. The molecule has 1 aliphatic rings. The van der Waals surface area contributed by atoms with Gasteiger partial charge in [-0.3, -0.25) is 19.9 Å². The number of hydroxylamine groups is 3. The lowest BCUT2D eigenvalue weighted by Gasteiger charge is -2.33. The van der Waals surface area contributed by atoms with Gasteiger partial charge in [0.1, 0.15) is 12.1 Å². The molecule has 0 spiro atoms. The summed E-state index contributed by atoms with van der Waals surface area (Å²) in [5.74, 6) is 0.420. The highest BCUT2D eigenvalue weighted by atomic mass is 79.9. The number of nitrogens with one attached hydrogen (secondary N) is 1. The fraction of sp³-hybridized carbons (Fsp3) is 0.250. The second kappa shape index (κ2) is 4.52. The SMILES string of the molecule is C[N+]1([O-])CCN=C1Nc1ccc2nccnc2c1Br. The van der Waals surface area contributed by atoms with Gasteiger partial charge in [-0.25, -0.2) is 4.99 Å². The Labute approximate surface area is 118 Å². The van der Waals surface area contributed by atoms with Crippen LogP contribution in [-0.4, -0.2) is 40.7 Å². The normalized spacial score (nSPS) is 22.6. The van der Waals surface area contributed by atoms with Crippen LogP contribution in [0.15, 0.2) is 34.0 Å². The Morgan fingerprint density at radius 1 is 1.32 bits per heavy atom. The molecule has 0 aliphatic carbocycles. The topological polar surface area (TPSA) is 73.2 Å². The molecule has 1 unspecified atom stereocenters. The number of fused-ring (bicyclic) bond motifs is 1. The van der Waals surface area contributed by atoms with Gasteiger partial charge in [-0.2, -0.15) is 0 Å². The molecule has 1 atom stereocenters. The van der Waals surface area contributed by atoms with Crippen LogP contribution in [-0.2, 0) is 0 Å². The maximum atomic E-state index is 12.1. The Bertz CT molecular complexity index is 670. The number of hydrogen-bond donors (Lipinski definition) is 1. The third-order valence-electron chi connectivity index (χ3n) is 3.06. The summed E-state index contributed by atoms with van der Waals surface area (Å²) in [6.07, 6.45) is 3.28. The molecule has 1 aliphatic heterocycles. The Morgan fingerprint density at radius 2 is 2.11 bits per heavy atom. The molecule has 1 N–H and O–H groups in total. The van der Waals surface area contributed by atoms with Crippen molar-refractivity contribution < 1.29 is 4.65 Å². The van der Waals surface area contributed by atoms with E-state index < -0.39 is 4.65 Å². The Balaban J connectivity index is 2.00. The first-order valence-corrected chi connectivity index (χ1v) is 6.65. The average Bonchev–Trinajstić information content (AvgIpc) is 2.72. The number of quaternary nitrogens is 1. The first kappa shape index (κ1) is 12.5. The second-order valence-corrected chi connectivity index (χ2v) is 5.30. The van der Waals surface area contributed by atoms with Crippen molar-refractivity contribution in [2.45, 2.75) is 0 Å². The van der Waals surface area contributed by atoms with Crippen LogP contribution in [0, 0.1) is 5.21 Å². The summed E-state index contributed by atoms with van der Waals surface area (Å²) >= 11 is 3.50. The van der Waals surface area contributed by atoms with Crippen molar-refractivity contribution in [2.24, 2.45) is 4.99 Å². The third-order valence-corrected chi connectivity index (χ3v) is 3.86. The summed E-state index contributed by atoms with van der Waals surface area (Å²) in [5, 5.41) is 15.2. The Kier molecular flexibility index (Phi) is 2.96. The third kappa shape index (κ3) is 2.20. The Morgan fingerprint density at radius 3 is 2.84 bits per heavy atom. The number of hydrogen-bond acceptors (Lipinski definition) is 5. The number of aromatic nitrogens is 2. The van der Waals surface area contributed by atoms with E-state index in [4.69, 9.17) is 0 Å². The molecule has 0 radical (unpaired) electrons. The van der Waals surface area contributed by atoms with Crippen LogP contribution in [0.2, 0.25) is 0 Å². The molecule has 0 fully saturated rings. The molecule has 7 heteroatoms. The quantitative estimate of drug-likeness (QED) is 0.645. The van der Waals surface area contributed by atoms with E-state index in [0.717, 1.165) is 21.2 Å². The van der Waals surface area contributed by atoms with E-state index in [1.54, 1.807) is 19.4 Å². The van der Waals surface area contributed by atoms with E-state index in [-0.39, 0.29) is 0 Å². The highest BCUT2D eigenvalue weighted by molar-refractivity contribution is 9.10. The minimum absolute atomic E-state index is 0.420. The molecule has 0 saturated heterocycles. The molecular formula is C12H12BrN5O. The fourth-order valence-corrected chi connectivity index (χ4v) is 2.52. The van der Waals surface area contributed by atoms with Crippen LogP contribution in [0.3, 0.4) is 0 Å². The Hall–Kier alpha value is -1.57. The van der Waals surface area contributed by atoms with Crippen molar-refractivity contribution in [1.29, 1.82) is 0 Å². The number of benzene rings is 1. The van der Waals surface area contributed by atoms with Crippen LogP contribution in [0.1, 0.15) is 0 Å². The van der Waals surface area contributed by atoms with E-state index in [0.29, 0.717) is 19.0 Å².